The molecule has 2 aromatic rings. The molecule has 0 amide bonds. The summed E-state index contributed by atoms with van der Waals surface area (Å²) < 4.78 is 4.03. The van der Waals surface area contributed by atoms with E-state index in [0.29, 0.717) is 0 Å². The highest BCUT2D eigenvalue weighted by molar-refractivity contribution is 5.55. The first kappa shape index (κ1) is 12.3. The van der Waals surface area contributed by atoms with Crippen LogP contribution in [0.15, 0.2) is 36.7 Å². The number of hydrogen-bond acceptors (Lipinski definition) is 3. The standard InChI is InChI=1S/C13H19N5/c1-16(2)12-7-5-11(6-8-12)14-15-13-17(3)9-10-18(13)4/h5-10,14H,1-4H3/p+1. The van der Waals surface area contributed by atoms with Crippen LogP contribution in [0.3, 0.4) is 0 Å². The number of nitrogens with zero attached hydrogens (tertiary/aromatic N) is 3. The number of rotatable bonds is 4. The maximum atomic E-state index is 3.19. The maximum Gasteiger partial charge on any atom is 0.378 e. The molecule has 0 atom stereocenters. The van der Waals surface area contributed by atoms with Gasteiger partial charge in [-0.3, -0.25) is 5.43 Å². The van der Waals surface area contributed by atoms with Gasteiger partial charge in [0, 0.05) is 19.8 Å². The Morgan fingerprint density at radius 1 is 1.11 bits per heavy atom. The summed E-state index contributed by atoms with van der Waals surface area (Å²) >= 11 is 0. The summed E-state index contributed by atoms with van der Waals surface area (Å²) in [6, 6.07) is 8.25. The van der Waals surface area contributed by atoms with Gasteiger partial charge in [-0.25, -0.2) is 9.13 Å². The third-order valence-electron chi connectivity index (χ3n) is 2.88. The molecule has 2 rings (SSSR count). The molecule has 0 aliphatic heterocycles. The van der Waals surface area contributed by atoms with Crippen LogP contribution in [0.2, 0.25) is 0 Å². The predicted molar refractivity (Wildman–Crippen MR) is 74.6 cm³/mol. The van der Waals surface area contributed by atoms with Crippen molar-refractivity contribution in [2.45, 2.75) is 0 Å². The Kier molecular flexibility index (Phi) is 3.41. The summed E-state index contributed by atoms with van der Waals surface area (Å²) in [7, 11) is 8.06. The molecule has 0 aliphatic carbocycles. The number of imidazole rings is 1. The van der Waals surface area contributed by atoms with Gasteiger partial charge in [0.05, 0.1) is 32.2 Å². The van der Waals surface area contributed by atoms with Gasteiger partial charge in [-0.15, -0.1) is 0 Å². The number of aryl methyl sites for hydroxylation is 2. The van der Waals surface area contributed by atoms with Crippen molar-refractivity contribution in [2.24, 2.45) is 14.1 Å². The number of hydrogen-bond donors (Lipinski definition) is 2. The Labute approximate surface area is 108 Å². The lowest BCUT2D eigenvalue weighted by molar-refractivity contribution is -0.656. The normalized spacial score (nSPS) is 10.2. The van der Waals surface area contributed by atoms with Crippen LogP contribution in [-0.4, -0.2) is 18.7 Å². The third-order valence-corrected chi connectivity index (χ3v) is 2.88. The number of benzene rings is 1. The molecule has 2 N–H and O–H groups in total. The van der Waals surface area contributed by atoms with E-state index in [1.807, 2.05) is 61.9 Å². The molecule has 1 heterocycles. The molecule has 0 saturated carbocycles. The Morgan fingerprint density at radius 2 is 1.78 bits per heavy atom. The monoisotopic (exact) mass is 246 g/mol. The molecule has 0 radical (unpaired) electrons. The minimum absolute atomic E-state index is 0.992. The average molecular weight is 246 g/mol. The van der Waals surface area contributed by atoms with Crippen molar-refractivity contribution in [1.82, 2.24) is 4.57 Å². The van der Waals surface area contributed by atoms with Crippen LogP contribution >= 0.6 is 0 Å². The molecule has 96 valence electrons. The zero-order chi connectivity index (χ0) is 13.1. The first-order valence-corrected chi connectivity index (χ1v) is 5.88. The molecule has 5 heteroatoms. The van der Waals surface area contributed by atoms with Crippen LogP contribution in [0.1, 0.15) is 0 Å². The highest BCUT2D eigenvalue weighted by atomic mass is 15.4. The fourth-order valence-corrected chi connectivity index (χ4v) is 1.74. The number of nitrogens with one attached hydrogen (secondary N) is 2. The van der Waals surface area contributed by atoms with Gasteiger partial charge in [-0.05, 0) is 24.3 Å². The van der Waals surface area contributed by atoms with Gasteiger partial charge in [-0.1, -0.05) is 0 Å². The van der Waals surface area contributed by atoms with Gasteiger partial charge >= 0.3 is 5.95 Å². The van der Waals surface area contributed by atoms with Crippen molar-refractivity contribution in [2.75, 3.05) is 29.8 Å². The van der Waals surface area contributed by atoms with Gasteiger partial charge < -0.3 is 4.90 Å². The summed E-state index contributed by atoms with van der Waals surface area (Å²) in [6.07, 6.45) is 4.00. The van der Waals surface area contributed by atoms with Crippen molar-refractivity contribution >= 4 is 17.3 Å². The van der Waals surface area contributed by atoms with Crippen LogP contribution in [0.25, 0.3) is 0 Å². The van der Waals surface area contributed by atoms with Crippen molar-refractivity contribution in [3.8, 4) is 0 Å². The summed E-state index contributed by atoms with van der Waals surface area (Å²) in [5.41, 5.74) is 8.59. The van der Waals surface area contributed by atoms with Gasteiger partial charge in [0.1, 0.15) is 0 Å². The summed E-state index contributed by atoms with van der Waals surface area (Å²) in [5, 5.41) is 0. The smallest absolute Gasteiger partial charge is 0.378 e. The zero-order valence-electron chi connectivity index (χ0n) is 11.3. The summed E-state index contributed by atoms with van der Waals surface area (Å²) in [5.74, 6) is 0.992. The van der Waals surface area contributed by atoms with Crippen molar-refractivity contribution < 1.29 is 4.57 Å². The number of aromatic nitrogens is 2. The SMILES string of the molecule is CN(C)c1ccc(NNc2n(C)cc[n+]2C)cc1. The van der Waals surface area contributed by atoms with Crippen molar-refractivity contribution in [3.63, 3.8) is 0 Å². The fraction of sp³-hybridized carbons (Fsp3) is 0.308. The average Bonchev–Trinajstić information content (AvgIpc) is 2.67. The second kappa shape index (κ2) is 5.00. The maximum absolute atomic E-state index is 3.19. The zero-order valence-corrected chi connectivity index (χ0v) is 11.3. The largest absolute Gasteiger partial charge is 0.378 e. The van der Waals surface area contributed by atoms with E-state index in [1.54, 1.807) is 0 Å². The molecule has 5 nitrogen and oxygen atoms in total. The first-order chi connectivity index (χ1) is 8.58. The van der Waals surface area contributed by atoms with E-state index >= 15 is 0 Å². The Morgan fingerprint density at radius 3 is 2.28 bits per heavy atom. The molecule has 1 aromatic carbocycles. The van der Waals surface area contributed by atoms with Gasteiger partial charge in [0.15, 0.2) is 0 Å². The van der Waals surface area contributed by atoms with Crippen LogP contribution in [0.5, 0.6) is 0 Å². The molecule has 0 unspecified atom stereocenters. The second-order valence-corrected chi connectivity index (χ2v) is 4.53. The minimum atomic E-state index is 0.992. The van der Waals surface area contributed by atoms with E-state index < -0.39 is 0 Å². The third kappa shape index (κ3) is 2.56. The van der Waals surface area contributed by atoms with Gasteiger partial charge in [-0.2, -0.15) is 5.43 Å². The second-order valence-electron chi connectivity index (χ2n) is 4.53. The lowest BCUT2D eigenvalue weighted by Crippen LogP contribution is -2.32. The molecule has 0 saturated heterocycles. The Balaban J connectivity index is 2.02. The quantitative estimate of drug-likeness (QED) is 0.631. The van der Waals surface area contributed by atoms with E-state index in [-0.39, 0.29) is 0 Å². The van der Waals surface area contributed by atoms with Gasteiger partial charge in [0.2, 0.25) is 0 Å². The molecule has 1 aromatic heterocycles. The highest BCUT2D eigenvalue weighted by Gasteiger charge is 2.09. The molecule has 0 spiro atoms. The fourth-order valence-electron chi connectivity index (χ4n) is 1.74. The topological polar surface area (TPSA) is 36.1 Å². The number of anilines is 3. The van der Waals surface area contributed by atoms with Crippen LogP contribution in [-0.2, 0) is 14.1 Å². The Bertz CT molecular complexity index is 493. The van der Waals surface area contributed by atoms with Crippen molar-refractivity contribution in [1.29, 1.82) is 0 Å². The highest BCUT2D eigenvalue weighted by Crippen LogP contribution is 2.15. The molecule has 0 aliphatic rings. The predicted octanol–water partition coefficient (Wildman–Crippen LogP) is 1.35. The van der Waals surface area contributed by atoms with E-state index in [9.17, 15) is 0 Å². The first-order valence-electron chi connectivity index (χ1n) is 5.88. The van der Waals surface area contributed by atoms with Crippen LogP contribution < -0.4 is 20.3 Å². The Hall–Kier alpha value is -2.17. The molecular formula is C13H20N5+. The van der Waals surface area contributed by atoms with Crippen LogP contribution in [0.4, 0.5) is 17.3 Å². The lowest BCUT2D eigenvalue weighted by atomic mass is 10.3. The summed E-state index contributed by atoms with van der Waals surface area (Å²) in [4.78, 5) is 2.08. The molecule has 0 bridgehead atoms. The molecule has 0 fully saturated rings. The van der Waals surface area contributed by atoms with E-state index in [0.717, 1.165) is 11.6 Å². The van der Waals surface area contributed by atoms with Crippen molar-refractivity contribution in [3.05, 3.63) is 36.7 Å². The van der Waals surface area contributed by atoms with E-state index in [1.165, 1.54) is 5.69 Å². The van der Waals surface area contributed by atoms with Gasteiger partial charge in [0.25, 0.3) is 0 Å². The van der Waals surface area contributed by atoms with E-state index in [4.69, 9.17) is 0 Å². The summed E-state index contributed by atoms with van der Waals surface area (Å²) in [6.45, 7) is 0. The van der Waals surface area contributed by atoms with Crippen LogP contribution in [0, 0.1) is 0 Å². The minimum Gasteiger partial charge on any atom is -0.378 e. The van der Waals surface area contributed by atoms with E-state index in [2.05, 4.69) is 27.9 Å². The molecular weight excluding hydrogens is 226 g/mol. The molecule has 18 heavy (non-hydrogen) atoms. The number of hydrazine groups is 1. The lowest BCUT2D eigenvalue weighted by Gasteiger charge is -2.12.